The number of hydrogen-bond donors (Lipinski definition) is 2. The van der Waals surface area contributed by atoms with Gasteiger partial charge < -0.3 is 20.7 Å². The molecule has 3 aliphatic heterocycles. The SMILES string of the molecule is CN1CCOC2(CCN(C3C(N)=CNCC3F)CC2)C1. The zero-order chi connectivity index (χ0) is 14.2. The number of halogens is 1. The van der Waals surface area contributed by atoms with Crippen LogP contribution < -0.4 is 11.1 Å². The molecule has 1 spiro atoms. The van der Waals surface area contributed by atoms with E-state index in [1.54, 1.807) is 6.20 Å². The molecule has 0 amide bonds. The standard InChI is InChI=1S/C14H25FN4O/c1-18-6-7-20-14(10-18)2-4-19(5-3-14)13-11(15)8-17-9-12(13)16/h9,11,13,17H,2-8,10,16H2,1H3. The van der Waals surface area contributed by atoms with E-state index in [2.05, 4.69) is 22.2 Å². The lowest BCUT2D eigenvalue weighted by atomic mass is 9.88. The maximum Gasteiger partial charge on any atom is 0.138 e. The first-order valence-electron chi connectivity index (χ1n) is 7.49. The molecule has 114 valence electrons. The number of likely N-dealkylation sites (tertiary alicyclic amines) is 1. The number of rotatable bonds is 1. The van der Waals surface area contributed by atoms with Gasteiger partial charge in [0.2, 0.25) is 0 Å². The number of morpholine rings is 1. The van der Waals surface area contributed by atoms with E-state index >= 15 is 0 Å². The van der Waals surface area contributed by atoms with Crippen molar-refractivity contribution >= 4 is 0 Å². The first-order valence-corrected chi connectivity index (χ1v) is 7.49. The van der Waals surface area contributed by atoms with Crippen molar-refractivity contribution in [3.8, 4) is 0 Å². The molecule has 3 aliphatic rings. The molecule has 3 heterocycles. The molecule has 6 heteroatoms. The van der Waals surface area contributed by atoms with Crippen molar-refractivity contribution in [2.75, 3.05) is 46.4 Å². The maximum absolute atomic E-state index is 14.1. The Balaban J connectivity index is 1.63. The van der Waals surface area contributed by atoms with Gasteiger partial charge >= 0.3 is 0 Å². The van der Waals surface area contributed by atoms with Gasteiger partial charge in [-0.05, 0) is 19.9 Å². The van der Waals surface area contributed by atoms with Crippen LogP contribution in [0.15, 0.2) is 11.9 Å². The normalized spacial score (nSPS) is 35.6. The van der Waals surface area contributed by atoms with Crippen molar-refractivity contribution < 1.29 is 9.13 Å². The molecule has 2 fully saturated rings. The molecule has 20 heavy (non-hydrogen) atoms. The minimum Gasteiger partial charge on any atom is -0.399 e. The molecule has 2 saturated heterocycles. The zero-order valence-corrected chi connectivity index (χ0v) is 12.1. The Hall–Kier alpha value is -0.850. The van der Waals surface area contributed by atoms with Crippen LogP contribution in [-0.2, 0) is 4.74 Å². The summed E-state index contributed by atoms with van der Waals surface area (Å²) in [6.45, 7) is 4.85. The van der Waals surface area contributed by atoms with Crippen LogP contribution in [-0.4, -0.2) is 74.0 Å². The van der Waals surface area contributed by atoms with Gasteiger partial charge in [0.1, 0.15) is 6.17 Å². The van der Waals surface area contributed by atoms with E-state index in [4.69, 9.17) is 10.5 Å². The summed E-state index contributed by atoms with van der Waals surface area (Å²) in [5, 5.41) is 2.90. The first-order chi connectivity index (χ1) is 9.60. The summed E-state index contributed by atoms with van der Waals surface area (Å²) in [6, 6.07) is -0.269. The van der Waals surface area contributed by atoms with Crippen molar-refractivity contribution in [1.82, 2.24) is 15.1 Å². The molecule has 0 saturated carbocycles. The van der Waals surface area contributed by atoms with Gasteiger partial charge in [-0.15, -0.1) is 0 Å². The number of hydrogen-bond acceptors (Lipinski definition) is 5. The van der Waals surface area contributed by atoms with Crippen molar-refractivity contribution in [2.24, 2.45) is 5.73 Å². The van der Waals surface area contributed by atoms with E-state index in [-0.39, 0.29) is 11.6 Å². The highest BCUT2D eigenvalue weighted by atomic mass is 19.1. The molecular formula is C14H25FN4O. The molecule has 5 nitrogen and oxygen atoms in total. The molecule has 2 atom stereocenters. The molecule has 3 rings (SSSR count). The van der Waals surface area contributed by atoms with Crippen molar-refractivity contribution in [2.45, 2.75) is 30.7 Å². The van der Waals surface area contributed by atoms with Gasteiger partial charge in [-0.2, -0.15) is 0 Å². The van der Waals surface area contributed by atoms with Crippen LogP contribution >= 0.6 is 0 Å². The Bertz CT molecular complexity index is 381. The van der Waals surface area contributed by atoms with Gasteiger partial charge in [0.25, 0.3) is 0 Å². The largest absolute Gasteiger partial charge is 0.399 e. The third-order valence-electron chi connectivity index (χ3n) is 4.81. The number of nitrogens with two attached hydrogens (primary N) is 1. The van der Waals surface area contributed by atoms with Crippen LogP contribution in [0.4, 0.5) is 4.39 Å². The second-order valence-corrected chi connectivity index (χ2v) is 6.32. The molecule has 0 aromatic carbocycles. The third kappa shape index (κ3) is 2.64. The van der Waals surface area contributed by atoms with Gasteiger partial charge in [-0.3, -0.25) is 4.90 Å². The fraction of sp³-hybridized carbons (Fsp3) is 0.857. The van der Waals surface area contributed by atoms with Crippen molar-refractivity contribution in [1.29, 1.82) is 0 Å². The molecule has 0 bridgehead atoms. The average Bonchev–Trinajstić information content (AvgIpc) is 2.41. The van der Waals surface area contributed by atoms with Gasteiger partial charge in [-0.25, -0.2) is 4.39 Å². The third-order valence-corrected chi connectivity index (χ3v) is 4.81. The second-order valence-electron chi connectivity index (χ2n) is 6.32. The van der Waals surface area contributed by atoms with Crippen LogP contribution in [0.25, 0.3) is 0 Å². The summed E-state index contributed by atoms with van der Waals surface area (Å²) in [6.07, 6.45) is 2.74. The first kappa shape index (κ1) is 14.1. The summed E-state index contributed by atoms with van der Waals surface area (Å²) in [4.78, 5) is 4.51. The summed E-state index contributed by atoms with van der Waals surface area (Å²) in [5.74, 6) is 0. The minimum atomic E-state index is -0.927. The summed E-state index contributed by atoms with van der Waals surface area (Å²) >= 11 is 0. The van der Waals surface area contributed by atoms with E-state index in [9.17, 15) is 4.39 Å². The van der Waals surface area contributed by atoms with Crippen LogP contribution in [0, 0.1) is 0 Å². The van der Waals surface area contributed by atoms with E-state index in [1.165, 1.54) is 0 Å². The Labute approximate surface area is 119 Å². The smallest absolute Gasteiger partial charge is 0.138 e. The number of nitrogens with one attached hydrogen (secondary N) is 1. The highest BCUT2D eigenvalue weighted by Gasteiger charge is 2.42. The molecular weight excluding hydrogens is 259 g/mol. The molecule has 3 N–H and O–H groups in total. The van der Waals surface area contributed by atoms with Crippen LogP contribution in [0.2, 0.25) is 0 Å². The van der Waals surface area contributed by atoms with Crippen LogP contribution in [0.1, 0.15) is 12.8 Å². The lowest BCUT2D eigenvalue weighted by Crippen LogP contribution is -2.60. The number of piperidine rings is 1. The number of likely N-dealkylation sites (N-methyl/N-ethyl adjacent to an activating group) is 1. The van der Waals surface area contributed by atoms with E-state index in [0.29, 0.717) is 12.2 Å². The summed E-state index contributed by atoms with van der Waals surface area (Å²) in [5.41, 5.74) is 6.56. The average molecular weight is 284 g/mol. The Morgan fingerprint density at radius 3 is 2.80 bits per heavy atom. The lowest BCUT2D eigenvalue weighted by Gasteiger charge is -2.48. The number of alkyl halides is 1. The van der Waals surface area contributed by atoms with Gasteiger partial charge in [0.05, 0.1) is 18.2 Å². The predicted molar refractivity (Wildman–Crippen MR) is 75.9 cm³/mol. The molecule has 2 unspecified atom stereocenters. The topological polar surface area (TPSA) is 53.8 Å². The highest BCUT2D eigenvalue weighted by molar-refractivity contribution is 5.14. The second kappa shape index (κ2) is 5.50. The molecule has 0 aromatic rings. The Kier molecular flexibility index (Phi) is 3.88. The maximum atomic E-state index is 14.1. The Morgan fingerprint density at radius 1 is 1.40 bits per heavy atom. The van der Waals surface area contributed by atoms with Gasteiger partial charge in [0.15, 0.2) is 0 Å². The number of nitrogens with zero attached hydrogens (tertiary/aromatic N) is 2. The molecule has 0 radical (unpaired) electrons. The zero-order valence-electron chi connectivity index (χ0n) is 12.1. The van der Waals surface area contributed by atoms with Crippen molar-refractivity contribution in [3.63, 3.8) is 0 Å². The summed E-state index contributed by atoms with van der Waals surface area (Å²) < 4.78 is 20.2. The lowest BCUT2D eigenvalue weighted by molar-refractivity contribution is -0.134. The van der Waals surface area contributed by atoms with E-state index in [0.717, 1.165) is 45.6 Å². The van der Waals surface area contributed by atoms with Crippen LogP contribution in [0.5, 0.6) is 0 Å². The predicted octanol–water partition coefficient (Wildman–Crippen LogP) is -0.107. The highest BCUT2D eigenvalue weighted by Crippen LogP contribution is 2.32. The molecule has 0 aliphatic carbocycles. The fourth-order valence-electron chi connectivity index (χ4n) is 3.68. The monoisotopic (exact) mass is 284 g/mol. The van der Waals surface area contributed by atoms with E-state index in [1.807, 2.05) is 0 Å². The van der Waals surface area contributed by atoms with E-state index < -0.39 is 6.17 Å². The number of ether oxygens (including phenoxy) is 1. The van der Waals surface area contributed by atoms with Gasteiger partial charge in [0, 0.05) is 44.6 Å². The molecule has 0 aromatic heterocycles. The van der Waals surface area contributed by atoms with Crippen molar-refractivity contribution in [3.05, 3.63) is 11.9 Å². The van der Waals surface area contributed by atoms with Crippen LogP contribution in [0.3, 0.4) is 0 Å². The quantitative estimate of drug-likeness (QED) is 0.704. The fourth-order valence-corrected chi connectivity index (χ4v) is 3.68. The van der Waals surface area contributed by atoms with Gasteiger partial charge in [-0.1, -0.05) is 0 Å². The minimum absolute atomic E-state index is 0.0271. The summed E-state index contributed by atoms with van der Waals surface area (Å²) in [7, 11) is 2.14. The Morgan fingerprint density at radius 2 is 2.15 bits per heavy atom.